The lowest BCUT2D eigenvalue weighted by molar-refractivity contribution is 0.436. The fourth-order valence-electron chi connectivity index (χ4n) is 2.23. The molecule has 3 nitrogen and oxygen atoms in total. The molecule has 1 aromatic heterocycles. The zero-order valence-corrected chi connectivity index (χ0v) is 12.6. The zero-order valence-electron chi connectivity index (χ0n) is 11.9. The molecule has 21 heavy (non-hydrogen) atoms. The van der Waals surface area contributed by atoms with Crippen molar-refractivity contribution in [2.75, 3.05) is 5.73 Å². The van der Waals surface area contributed by atoms with Crippen molar-refractivity contribution in [2.24, 2.45) is 0 Å². The van der Waals surface area contributed by atoms with E-state index in [9.17, 15) is 0 Å². The number of nitrogen functional groups attached to an aromatic ring is 1. The van der Waals surface area contributed by atoms with Gasteiger partial charge in [0.05, 0.1) is 5.56 Å². The van der Waals surface area contributed by atoms with Crippen molar-refractivity contribution in [1.82, 2.24) is 5.16 Å². The van der Waals surface area contributed by atoms with Crippen molar-refractivity contribution in [1.29, 1.82) is 0 Å². The van der Waals surface area contributed by atoms with Gasteiger partial charge in [-0.15, -0.1) is 0 Å². The zero-order chi connectivity index (χ0) is 15.0. The summed E-state index contributed by atoms with van der Waals surface area (Å²) < 4.78 is 5.43. The fraction of sp³-hybridized carbons (Fsp3) is 0.118. The number of rotatable bonds is 2. The third-order valence-electron chi connectivity index (χ3n) is 3.49. The van der Waals surface area contributed by atoms with Crippen LogP contribution in [0.5, 0.6) is 0 Å². The topological polar surface area (TPSA) is 52.0 Å². The van der Waals surface area contributed by atoms with E-state index in [1.165, 1.54) is 5.56 Å². The number of hydrogen-bond donors (Lipinski definition) is 1. The lowest BCUT2D eigenvalue weighted by atomic mass is 10.00. The molecule has 3 aromatic rings. The Balaban J connectivity index is 2.16. The first-order valence-corrected chi connectivity index (χ1v) is 7.03. The van der Waals surface area contributed by atoms with E-state index in [0.717, 1.165) is 22.3 Å². The standard InChI is InChI=1S/C17H15ClN2O/c1-10-3-6-12(7-4-10)15-16(21-20-17(15)19)13-8-5-11(2)14(18)9-13/h3-9H,1-2H3,(H2,19,20). The van der Waals surface area contributed by atoms with Crippen molar-refractivity contribution in [3.05, 3.63) is 58.6 Å². The van der Waals surface area contributed by atoms with E-state index in [1.54, 1.807) is 0 Å². The molecular weight excluding hydrogens is 284 g/mol. The molecule has 2 N–H and O–H groups in total. The van der Waals surface area contributed by atoms with E-state index in [0.29, 0.717) is 16.6 Å². The first-order valence-electron chi connectivity index (χ1n) is 6.65. The molecule has 0 aliphatic rings. The molecule has 0 amide bonds. The third kappa shape index (κ3) is 2.52. The Kier molecular flexibility index (Phi) is 3.43. The van der Waals surface area contributed by atoms with Crippen LogP contribution in [0.3, 0.4) is 0 Å². The van der Waals surface area contributed by atoms with E-state index >= 15 is 0 Å². The minimum atomic E-state index is 0.380. The number of aromatic nitrogens is 1. The average molecular weight is 299 g/mol. The second-order valence-corrected chi connectivity index (χ2v) is 5.51. The van der Waals surface area contributed by atoms with Gasteiger partial charge in [-0.05, 0) is 31.0 Å². The second-order valence-electron chi connectivity index (χ2n) is 5.10. The summed E-state index contributed by atoms with van der Waals surface area (Å²) in [6.07, 6.45) is 0. The lowest BCUT2D eigenvalue weighted by Gasteiger charge is -2.05. The second kappa shape index (κ2) is 5.26. The minimum absolute atomic E-state index is 0.380. The van der Waals surface area contributed by atoms with Gasteiger partial charge in [-0.1, -0.05) is 58.7 Å². The minimum Gasteiger partial charge on any atom is -0.380 e. The van der Waals surface area contributed by atoms with Crippen molar-refractivity contribution in [2.45, 2.75) is 13.8 Å². The highest BCUT2D eigenvalue weighted by Gasteiger charge is 2.18. The largest absolute Gasteiger partial charge is 0.380 e. The monoisotopic (exact) mass is 298 g/mol. The van der Waals surface area contributed by atoms with Gasteiger partial charge < -0.3 is 10.3 Å². The highest BCUT2D eigenvalue weighted by atomic mass is 35.5. The fourth-order valence-corrected chi connectivity index (χ4v) is 2.41. The average Bonchev–Trinajstić information content (AvgIpc) is 2.85. The molecule has 2 aromatic carbocycles. The molecule has 0 bridgehead atoms. The summed E-state index contributed by atoms with van der Waals surface area (Å²) in [5.74, 6) is 1.02. The summed E-state index contributed by atoms with van der Waals surface area (Å²) in [7, 11) is 0. The van der Waals surface area contributed by atoms with Gasteiger partial charge in [-0.3, -0.25) is 0 Å². The predicted molar refractivity (Wildman–Crippen MR) is 86.3 cm³/mol. The molecule has 0 saturated carbocycles. The molecule has 0 radical (unpaired) electrons. The van der Waals surface area contributed by atoms with Crippen molar-refractivity contribution in [3.8, 4) is 22.5 Å². The van der Waals surface area contributed by atoms with Gasteiger partial charge in [-0.2, -0.15) is 0 Å². The summed E-state index contributed by atoms with van der Waals surface area (Å²) in [4.78, 5) is 0. The summed E-state index contributed by atoms with van der Waals surface area (Å²) in [5, 5.41) is 4.60. The summed E-state index contributed by atoms with van der Waals surface area (Å²) in [6, 6.07) is 13.9. The van der Waals surface area contributed by atoms with E-state index in [2.05, 4.69) is 5.16 Å². The molecule has 0 unspecified atom stereocenters. The van der Waals surface area contributed by atoms with Gasteiger partial charge in [0.15, 0.2) is 11.6 Å². The molecule has 0 spiro atoms. The summed E-state index contributed by atoms with van der Waals surface area (Å²) >= 11 is 6.20. The highest BCUT2D eigenvalue weighted by Crippen LogP contribution is 2.37. The first-order chi connectivity index (χ1) is 10.1. The van der Waals surface area contributed by atoms with Crippen LogP contribution in [0.15, 0.2) is 47.0 Å². The van der Waals surface area contributed by atoms with Gasteiger partial charge in [0.2, 0.25) is 0 Å². The van der Waals surface area contributed by atoms with Crippen LogP contribution in [0.25, 0.3) is 22.5 Å². The molecule has 4 heteroatoms. The van der Waals surface area contributed by atoms with E-state index in [-0.39, 0.29) is 0 Å². The van der Waals surface area contributed by atoms with Crippen LogP contribution in [-0.4, -0.2) is 5.16 Å². The Labute approximate surface area is 128 Å². The van der Waals surface area contributed by atoms with Gasteiger partial charge in [0, 0.05) is 10.6 Å². The molecule has 0 fully saturated rings. The van der Waals surface area contributed by atoms with E-state index in [1.807, 2.05) is 56.3 Å². The number of halogens is 1. The first kappa shape index (κ1) is 13.7. The van der Waals surface area contributed by atoms with Crippen LogP contribution in [0.4, 0.5) is 5.82 Å². The van der Waals surface area contributed by atoms with Gasteiger partial charge in [0.1, 0.15) is 0 Å². The third-order valence-corrected chi connectivity index (χ3v) is 3.90. The van der Waals surface area contributed by atoms with Crippen LogP contribution >= 0.6 is 11.6 Å². The van der Waals surface area contributed by atoms with Crippen LogP contribution < -0.4 is 5.73 Å². The smallest absolute Gasteiger partial charge is 0.176 e. The number of benzene rings is 2. The molecule has 106 valence electrons. The molecular formula is C17H15ClN2O. The SMILES string of the molecule is Cc1ccc(-c2c(N)noc2-c2ccc(C)c(Cl)c2)cc1. The van der Waals surface area contributed by atoms with E-state index in [4.69, 9.17) is 21.9 Å². The van der Waals surface area contributed by atoms with Gasteiger partial charge in [-0.25, -0.2) is 0 Å². The normalized spacial score (nSPS) is 10.8. The van der Waals surface area contributed by atoms with Gasteiger partial charge >= 0.3 is 0 Å². The molecule has 0 aliphatic heterocycles. The molecule has 3 rings (SSSR count). The van der Waals surface area contributed by atoms with Gasteiger partial charge in [0.25, 0.3) is 0 Å². The number of aryl methyl sites for hydroxylation is 2. The summed E-state index contributed by atoms with van der Waals surface area (Å²) in [6.45, 7) is 4.00. The molecule has 0 aliphatic carbocycles. The number of anilines is 1. The van der Waals surface area contributed by atoms with Crippen LogP contribution in [-0.2, 0) is 0 Å². The van der Waals surface area contributed by atoms with Crippen LogP contribution in [0, 0.1) is 13.8 Å². The van der Waals surface area contributed by atoms with E-state index < -0.39 is 0 Å². The Hall–Kier alpha value is -2.26. The number of hydrogen-bond acceptors (Lipinski definition) is 3. The molecule has 0 saturated heterocycles. The molecule has 1 heterocycles. The maximum Gasteiger partial charge on any atom is 0.176 e. The highest BCUT2D eigenvalue weighted by molar-refractivity contribution is 6.31. The Morgan fingerprint density at radius 3 is 2.33 bits per heavy atom. The quantitative estimate of drug-likeness (QED) is 0.735. The maximum atomic E-state index is 6.20. The van der Waals surface area contributed by atoms with Crippen LogP contribution in [0.2, 0.25) is 5.02 Å². The number of nitrogens with zero attached hydrogens (tertiary/aromatic N) is 1. The van der Waals surface area contributed by atoms with Crippen LogP contribution in [0.1, 0.15) is 11.1 Å². The van der Waals surface area contributed by atoms with Crippen molar-refractivity contribution >= 4 is 17.4 Å². The molecule has 0 atom stereocenters. The predicted octanol–water partition coefficient (Wildman–Crippen LogP) is 4.86. The number of nitrogens with two attached hydrogens (primary N) is 1. The maximum absolute atomic E-state index is 6.20. The Morgan fingerprint density at radius 2 is 1.67 bits per heavy atom. The Bertz CT molecular complexity index is 791. The Morgan fingerprint density at radius 1 is 1.00 bits per heavy atom. The van der Waals surface area contributed by atoms with Crippen molar-refractivity contribution < 1.29 is 4.52 Å². The lowest BCUT2D eigenvalue weighted by Crippen LogP contribution is -1.89. The van der Waals surface area contributed by atoms with Crippen molar-refractivity contribution in [3.63, 3.8) is 0 Å². The summed E-state index contributed by atoms with van der Waals surface area (Å²) in [5.41, 5.74) is 10.8.